The van der Waals surface area contributed by atoms with Crippen molar-refractivity contribution in [2.45, 2.75) is 11.3 Å². The molecule has 1 aliphatic rings. The summed E-state index contributed by atoms with van der Waals surface area (Å²) in [4.78, 5) is 24.2. The molecule has 26 heavy (non-hydrogen) atoms. The molecule has 1 heterocycles. The maximum Gasteiger partial charge on any atom is 0.308 e. The molecule has 3 rings (SSSR count). The molecule has 0 aliphatic carbocycles. The molecule has 7 nitrogen and oxygen atoms in total. The molecule has 1 fully saturated rings. The number of halogens is 1. The van der Waals surface area contributed by atoms with Gasteiger partial charge in [0.25, 0.3) is 10.0 Å². The Hall–Kier alpha value is -2.94. The van der Waals surface area contributed by atoms with Crippen LogP contribution in [0.15, 0.2) is 53.4 Å². The molecule has 2 aromatic rings. The Labute approximate surface area is 149 Å². The second-order valence-electron chi connectivity index (χ2n) is 5.85. The van der Waals surface area contributed by atoms with Gasteiger partial charge in [0.1, 0.15) is 5.82 Å². The lowest BCUT2D eigenvalue weighted by molar-refractivity contribution is -0.141. The lowest BCUT2D eigenvalue weighted by atomic mass is 10.1. The lowest BCUT2D eigenvalue weighted by Crippen LogP contribution is -2.25. The van der Waals surface area contributed by atoms with E-state index in [-0.39, 0.29) is 29.5 Å². The number of amides is 1. The van der Waals surface area contributed by atoms with Crippen molar-refractivity contribution in [2.75, 3.05) is 16.2 Å². The number of carbonyl (C=O) groups is 2. The van der Waals surface area contributed by atoms with E-state index < -0.39 is 27.7 Å². The van der Waals surface area contributed by atoms with Crippen LogP contribution in [-0.4, -0.2) is 31.9 Å². The van der Waals surface area contributed by atoms with Crippen LogP contribution in [0.3, 0.4) is 0 Å². The predicted octanol–water partition coefficient (Wildman–Crippen LogP) is 2.06. The monoisotopic (exact) mass is 378 g/mol. The average molecular weight is 378 g/mol. The van der Waals surface area contributed by atoms with Crippen LogP contribution in [-0.2, 0) is 19.6 Å². The molecule has 136 valence electrons. The molecule has 1 amide bonds. The molecule has 0 saturated carbocycles. The molecule has 9 heteroatoms. The first-order valence-corrected chi connectivity index (χ1v) is 9.16. The Bertz CT molecular complexity index is 942. The summed E-state index contributed by atoms with van der Waals surface area (Å²) in [6.07, 6.45) is -0.0818. The Kier molecular flexibility index (Phi) is 4.64. The van der Waals surface area contributed by atoms with E-state index in [0.717, 1.165) is 12.1 Å². The molecule has 0 aromatic heterocycles. The summed E-state index contributed by atoms with van der Waals surface area (Å²) in [5.74, 6) is -2.61. The van der Waals surface area contributed by atoms with Gasteiger partial charge in [-0.1, -0.05) is 0 Å². The van der Waals surface area contributed by atoms with Gasteiger partial charge >= 0.3 is 5.97 Å². The van der Waals surface area contributed by atoms with E-state index in [1.807, 2.05) is 0 Å². The Morgan fingerprint density at radius 1 is 1.12 bits per heavy atom. The zero-order chi connectivity index (χ0) is 18.9. The summed E-state index contributed by atoms with van der Waals surface area (Å²) in [5, 5.41) is 9.01. The Morgan fingerprint density at radius 2 is 1.73 bits per heavy atom. The van der Waals surface area contributed by atoms with E-state index in [2.05, 4.69) is 4.72 Å². The summed E-state index contributed by atoms with van der Waals surface area (Å²) in [6, 6.07) is 10.4. The van der Waals surface area contributed by atoms with E-state index in [9.17, 15) is 22.4 Å². The predicted molar refractivity (Wildman–Crippen MR) is 91.7 cm³/mol. The van der Waals surface area contributed by atoms with E-state index in [1.165, 1.54) is 41.3 Å². The topological polar surface area (TPSA) is 104 Å². The van der Waals surface area contributed by atoms with Crippen molar-refractivity contribution in [3.63, 3.8) is 0 Å². The molecule has 1 saturated heterocycles. The summed E-state index contributed by atoms with van der Waals surface area (Å²) in [6.45, 7) is 0.0497. The number of benzene rings is 2. The van der Waals surface area contributed by atoms with Gasteiger partial charge in [0.15, 0.2) is 0 Å². The van der Waals surface area contributed by atoms with Crippen LogP contribution >= 0.6 is 0 Å². The minimum Gasteiger partial charge on any atom is -0.481 e. The highest BCUT2D eigenvalue weighted by Gasteiger charge is 2.35. The lowest BCUT2D eigenvalue weighted by Gasteiger charge is -2.16. The van der Waals surface area contributed by atoms with Crippen LogP contribution < -0.4 is 9.62 Å². The Morgan fingerprint density at radius 3 is 2.27 bits per heavy atom. The van der Waals surface area contributed by atoms with E-state index in [4.69, 9.17) is 5.11 Å². The number of sulfonamides is 1. The fraction of sp³-hybridized carbons (Fsp3) is 0.176. The van der Waals surface area contributed by atoms with Crippen molar-refractivity contribution >= 4 is 33.3 Å². The van der Waals surface area contributed by atoms with Crippen molar-refractivity contribution in [3.8, 4) is 0 Å². The molecule has 0 bridgehead atoms. The number of anilines is 2. The van der Waals surface area contributed by atoms with Gasteiger partial charge in [0.05, 0.1) is 10.8 Å². The molecule has 2 aromatic carbocycles. The molecule has 1 atom stereocenters. The molecular formula is C17H15FN2O5S. The zero-order valence-electron chi connectivity index (χ0n) is 13.4. The van der Waals surface area contributed by atoms with Crippen LogP contribution in [0.2, 0.25) is 0 Å². The average Bonchev–Trinajstić information content (AvgIpc) is 2.99. The number of carbonyl (C=O) groups excluding carboxylic acids is 1. The molecule has 2 N–H and O–H groups in total. The van der Waals surface area contributed by atoms with E-state index in [1.54, 1.807) is 0 Å². The van der Waals surface area contributed by atoms with E-state index in [0.29, 0.717) is 5.69 Å². The molecule has 0 radical (unpaired) electrons. The van der Waals surface area contributed by atoms with Crippen molar-refractivity contribution in [1.29, 1.82) is 0 Å². The van der Waals surface area contributed by atoms with Gasteiger partial charge in [0, 0.05) is 24.3 Å². The smallest absolute Gasteiger partial charge is 0.308 e. The first-order valence-electron chi connectivity index (χ1n) is 7.68. The highest BCUT2D eigenvalue weighted by molar-refractivity contribution is 7.92. The number of carboxylic acid groups (broad SMARTS) is 1. The molecule has 1 aliphatic heterocycles. The molecule has 0 spiro atoms. The summed E-state index contributed by atoms with van der Waals surface area (Å²) in [7, 11) is -3.87. The highest BCUT2D eigenvalue weighted by atomic mass is 32.2. The van der Waals surface area contributed by atoms with Gasteiger partial charge in [0.2, 0.25) is 5.91 Å². The normalized spacial score (nSPS) is 17.3. The van der Waals surface area contributed by atoms with Crippen LogP contribution in [0.4, 0.5) is 15.8 Å². The molecular weight excluding hydrogens is 363 g/mol. The van der Waals surface area contributed by atoms with E-state index >= 15 is 0 Å². The first-order chi connectivity index (χ1) is 12.3. The van der Waals surface area contributed by atoms with Gasteiger partial charge < -0.3 is 10.0 Å². The van der Waals surface area contributed by atoms with Crippen molar-refractivity contribution in [1.82, 2.24) is 0 Å². The third kappa shape index (κ3) is 3.67. The number of nitrogens with one attached hydrogen (secondary N) is 1. The van der Waals surface area contributed by atoms with Crippen LogP contribution in [0.5, 0.6) is 0 Å². The standard InChI is InChI=1S/C17H15FN2O5S/c18-12-1-3-13(4-2-12)19-26(24,25)15-7-5-14(6-8-15)20-10-11(17(22)23)9-16(20)21/h1-8,11,19H,9-10H2,(H,22,23)/t11-/m1/s1. The van der Waals surface area contributed by atoms with Crippen LogP contribution in [0, 0.1) is 11.7 Å². The van der Waals surface area contributed by atoms with Crippen LogP contribution in [0.1, 0.15) is 6.42 Å². The molecule has 0 unspecified atom stereocenters. The number of aliphatic carboxylic acids is 1. The van der Waals surface area contributed by atoms with Crippen molar-refractivity contribution in [3.05, 3.63) is 54.3 Å². The maximum atomic E-state index is 12.9. The summed E-state index contributed by atoms with van der Waals surface area (Å²) in [5.41, 5.74) is 0.647. The van der Waals surface area contributed by atoms with Crippen LogP contribution in [0.25, 0.3) is 0 Å². The first kappa shape index (κ1) is 17.9. The van der Waals surface area contributed by atoms with Gasteiger partial charge in [-0.15, -0.1) is 0 Å². The summed E-state index contributed by atoms with van der Waals surface area (Å²) >= 11 is 0. The van der Waals surface area contributed by atoms with Gasteiger partial charge in [-0.05, 0) is 48.5 Å². The second-order valence-corrected chi connectivity index (χ2v) is 7.53. The third-order valence-electron chi connectivity index (χ3n) is 4.03. The second kappa shape index (κ2) is 6.75. The minimum atomic E-state index is -3.87. The largest absolute Gasteiger partial charge is 0.481 e. The SMILES string of the molecule is O=C(O)[C@@H]1CC(=O)N(c2ccc(S(=O)(=O)Nc3ccc(F)cc3)cc2)C1. The van der Waals surface area contributed by atoms with Gasteiger partial charge in [-0.25, -0.2) is 12.8 Å². The van der Waals surface area contributed by atoms with Gasteiger partial charge in [-0.2, -0.15) is 0 Å². The summed E-state index contributed by atoms with van der Waals surface area (Å²) < 4.78 is 39.9. The maximum absolute atomic E-state index is 12.9. The number of rotatable bonds is 5. The van der Waals surface area contributed by atoms with Crippen molar-refractivity contribution in [2.24, 2.45) is 5.92 Å². The van der Waals surface area contributed by atoms with Crippen molar-refractivity contribution < 1.29 is 27.5 Å². The zero-order valence-corrected chi connectivity index (χ0v) is 14.2. The fourth-order valence-electron chi connectivity index (χ4n) is 2.66. The fourth-order valence-corrected chi connectivity index (χ4v) is 3.72. The quantitative estimate of drug-likeness (QED) is 0.829. The number of hydrogen-bond donors (Lipinski definition) is 2. The number of nitrogens with zero attached hydrogens (tertiary/aromatic N) is 1. The van der Waals surface area contributed by atoms with Gasteiger partial charge in [-0.3, -0.25) is 14.3 Å². The number of hydrogen-bond acceptors (Lipinski definition) is 4. The third-order valence-corrected chi connectivity index (χ3v) is 5.43. The highest BCUT2D eigenvalue weighted by Crippen LogP contribution is 2.27. The Balaban J connectivity index is 1.77. The minimum absolute atomic E-state index is 0.0352. The number of carboxylic acids is 1.